The van der Waals surface area contributed by atoms with Gasteiger partial charge in [0, 0.05) is 12.5 Å². The van der Waals surface area contributed by atoms with E-state index in [0.717, 1.165) is 37.2 Å². The molecule has 1 saturated heterocycles. The lowest BCUT2D eigenvalue weighted by atomic mass is 9.72. The van der Waals surface area contributed by atoms with Crippen molar-refractivity contribution >= 4 is 5.91 Å². The Labute approximate surface area is 166 Å². The summed E-state index contributed by atoms with van der Waals surface area (Å²) in [6.45, 7) is 1.95. The minimum absolute atomic E-state index is 0.0120. The van der Waals surface area contributed by atoms with E-state index in [4.69, 9.17) is 9.47 Å². The summed E-state index contributed by atoms with van der Waals surface area (Å²) in [5.41, 5.74) is 3.46. The highest BCUT2D eigenvalue weighted by Gasteiger charge is 2.53. The Morgan fingerprint density at radius 2 is 1.82 bits per heavy atom. The number of methoxy groups -OCH3 is 2. The Morgan fingerprint density at radius 3 is 2.50 bits per heavy atom. The second-order valence-corrected chi connectivity index (χ2v) is 7.72. The summed E-state index contributed by atoms with van der Waals surface area (Å²) >= 11 is 0. The van der Waals surface area contributed by atoms with Gasteiger partial charge < -0.3 is 20.1 Å². The Morgan fingerprint density at radius 1 is 1.11 bits per heavy atom. The molecular formula is C23H28N2O3. The lowest BCUT2D eigenvalue weighted by Gasteiger charge is -2.40. The van der Waals surface area contributed by atoms with Crippen molar-refractivity contribution in [1.82, 2.24) is 10.6 Å². The molecule has 1 spiro atoms. The molecular weight excluding hydrogens is 352 g/mol. The zero-order valence-corrected chi connectivity index (χ0v) is 16.5. The van der Waals surface area contributed by atoms with Gasteiger partial charge in [-0.25, -0.2) is 0 Å². The van der Waals surface area contributed by atoms with Gasteiger partial charge in [0.1, 0.15) is 5.75 Å². The molecule has 0 unspecified atom stereocenters. The normalized spacial score (nSPS) is 22.6. The molecule has 1 aliphatic carbocycles. The van der Waals surface area contributed by atoms with Gasteiger partial charge in [-0.2, -0.15) is 0 Å². The second-order valence-electron chi connectivity index (χ2n) is 7.72. The van der Waals surface area contributed by atoms with Gasteiger partial charge in [-0.3, -0.25) is 4.79 Å². The van der Waals surface area contributed by atoms with Gasteiger partial charge in [-0.05, 0) is 54.8 Å². The smallest absolute Gasteiger partial charge is 0.224 e. The van der Waals surface area contributed by atoms with Crippen molar-refractivity contribution in [2.45, 2.75) is 36.8 Å². The summed E-state index contributed by atoms with van der Waals surface area (Å²) in [6, 6.07) is 16.0. The lowest BCUT2D eigenvalue weighted by Crippen LogP contribution is -2.49. The average Bonchev–Trinajstić information content (AvgIpc) is 2.98. The van der Waals surface area contributed by atoms with Gasteiger partial charge in [0.05, 0.1) is 25.7 Å². The topological polar surface area (TPSA) is 59.6 Å². The SMILES string of the molecule is COc1ccc(CC(=O)N[C@H]2c3ccccc3C3(CCNCC3)[C@@H]2OC)cc1. The van der Waals surface area contributed by atoms with Crippen LogP contribution in [0.15, 0.2) is 48.5 Å². The summed E-state index contributed by atoms with van der Waals surface area (Å²) in [7, 11) is 3.41. The van der Waals surface area contributed by atoms with Crippen LogP contribution in [0.2, 0.25) is 0 Å². The van der Waals surface area contributed by atoms with Crippen LogP contribution >= 0.6 is 0 Å². The third-order valence-corrected chi connectivity index (χ3v) is 6.27. The Hall–Kier alpha value is -2.37. The zero-order chi connectivity index (χ0) is 19.6. The van der Waals surface area contributed by atoms with E-state index in [0.29, 0.717) is 6.42 Å². The van der Waals surface area contributed by atoms with Crippen LogP contribution in [0.25, 0.3) is 0 Å². The first-order valence-electron chi connectivity index (χ1n) is 9.93. The van der Waals surface area contributed by atoms with E-state index < -0.39 is 0 Å². The number of fused-ring (bicyclic) bond motifs is 2. The molecule has 4 rings (SSSR count). The van der Waals surface area contributed by atoms with E-state index in [-0.39, 0.29) is 23.5 Å². The molecule has 0 saturated carbocycles. The first-order chi connectivity index (χ1) is 13.7. The number of piperidine rings is 1. The number of nitrogens with one attached hydrogen (secondary N) is 2. The van der Waals surface area contributed by atoms with Crippen molar-refractivity contribution in [3.8, 4) is 5.75 Å². The Bertz CT molecular complexity index is 828. The molecule has 5 nitrogen and oxygen atoms in total. The molecule has 28 heavy (non-hydrogen) atoms. The molecule has 1 fully saturated rings. The van der Waals surface area contributed by atoms with Crippen LogP contribution in [-0.2, 0) is 21.4 Å². The molecule has 2 aromatic rings. The predicted octanol–water partition coefficient (Wildman–Crippen LogP) is 2.75. The summed E-state index contributed by atoms with van der Waals surface area (Å²) in [6.07, 6.45) is 2.33. The number of rotatable bonds is 5. The molecule has 2 aromatic carbocycles. The average molecular weight is 380 g/mol. The van der Waals surface area contributed by atoms with Crippen LogP contribution in [0.5, 0.6) is 5.75 Å². The van der Waals surface area contributed by atoms with Crippen molar-refractivity contribution in [3.05, 3.63) is 65.2 Å². The van der Waals surface area contributed by atoms with Crippen molar-refractivity contribution in [2.75, 3.05) is 27.3 Å². The van der Waals surface area contributed by atoms with Crippen molar-refractivity contribution < 1.29 is 14.3 Å². The van der Waals surface area contributed by atoms with Crippen LogP contribution < -0.4 is 15.4 Å². The first-order valence-corrected chi connectivity index (χ1v) is 9.93. The molecule has 2 N–H and O–H groups in total. The van der Waals surface area contributed by atoms with Crippen LogP contribution in [0.3, 0.4) is 0 Å². The molecule has 0 bridgehead atoms. The fourth-order valence-corrected chi connectivity index (χ4v) is 4.95. The van der Waals surface area contributed by atoms with Crippen LogP contribution in [0, 0.1) is 0 Å². The number of carbonyl (C=O) groups excluding carboxylic acids is 1. The van der Waals surface area contributed by atoms with Crippen molar-refractivity contribution in [3.63, 3.8) is 0 Å². The predicted molar refractivity (Wildman–Crippen MR) is 109 cm³/mol. The third kappa shape index (κ3) is 3.29. The quantitative estimate of drug-likeness (QED) is 0.837. The van der Waals surface area contributed by atoms with Gasteiger partial charge in [-0.15, -0.1) is 0 Å². The van der Waals surface area contributed by atoms with Crippen LogP contribution in [-0.4, -0.2) is 39.3 Å². The maximum Gasteiger partial charge on any atom is 0.224 e. The van der Waals surface area contributed by atoms with Crippen LogP contribution in [0.4, 0.5) is 0 Å². The van der Waals surface area contributed by atoms with E-state index in [9.17, 15) is 4.79 Å². The van der Waals surface area contributed by atoms with Crippen LogP contribution in [0.1, 0.15) is 35.6 Å². The number of ether oxygens (including phenoxy) is 2. The summed E-state index contributed by atoms with van der Waals surface area (Å²) in [5.74, 6) is 0.805. The van der Waals surface area contributed by atoms with Crippen molar-refractivity contribution in [1.29, 1.82) is 0 Å². The summed E-state index contributed by atoms with van der Waals surface area (Å²) in [5, 5.41) is 6.72. The lowest BCUT2D eigenvalue weighted by molar-refractivity contribution is -0.122. The fraction of sp³-hybridized carbons (Fsp3) is 0.435. The highest BCUT2D eigenvalue weighted by molar-refractivity contribution is 5.79. The van der Waals surface area contributed by atoms with E-state index in [1.165, 1.54) is 11.1 Å². The van der Waals surface area contributed by atoms with Gasteiger partial charge >= 0.3 is 0 Å². The minimum atomic E-state index is -0.120. The van der Waals surface area contributed by atoms with E-state index in [2.05, 4.69) is 28.8 Å². The summed E-state index contributed by atoms with van der Waals surface area (Å²) < 4.78 is 11.2. The maximum atomic E-state index is 12.9. The third-order valence-electron chi connectivity index (χ3n) is 6.27. The number of amides is 1. The molecule has 1 heterocycles. The Kier molecular flexibility index (Phi) is 5.38. The van der Waals surface area contributed by atoms with Gasteiger partial charge in [0.2, 0.25) is 5.91 Å². The van der Waals surface area contributed by atoms with E-state index >= 15 is 0 Å². The molecule has 1 aliphatic heterocycles. The monoisotopic (exact) mass is 380 g/mol. The number of carbonyl (C=O) groups is 1. The molecule has 1 amide bonds. The second kappa shape index (κ2) is 7.94. The van der Waals surface area contributed by atoms with Gasteiger partial charge in [0.25, 0.3) is 0 Å². The maximum absolute atomic E-state index is 12.9. The van der Waals surface area contributed by atoms with Gasteiger partial charge in [-0.1, -0.05) is 36.4 Å². The molecule has 2 aliphatic rings. The highest BCUT2D eigenvalue weighted by Crippen LogP contribution is 2.51. The largest absolute Gasteiger partial charge is 0.497 e. The molecule has 148 valence electrons. The Balaban J connectivity index is 1.56. The van der Waals surface area contributed by atoms with E-state index in [1.54, 1.807) is 14.2 Å². The summed E-state index contributed by atoms with van der Waals surface area (Å²) in [4.78, 5) is 12.9. The van der Waals surface area contributed by atoms with Crippen molar-refractivity contribution in [2.24, 2.45) is 0 Å². The molecule has 0 radical (unpaired) electrons. The highest BCUT2D eigenvalue weighted by atomic mass is 16.5. The first kappa shape index (κ1) is 19.0. The standard InChI is InChI=1S/C23H28N2O3/c1-27-17-9-7-16(8-10-17)15-20(26)25-21-18-5-3-4-6-19(18)23(22(21)28-2)11-13-24-14-12-23/h3-10,21-22,24H,11-15H2,1-2H3,(H,25,26)/t21-,22+/m0/s1. The minimum Gasteiger partial charge on any atom is -0.497 e. The number of benzene rings is 2. The van der Waals surface area contributed by atoms with Gasteiger partial charge in [0.15, 0.2) is 0 Å². The molecule has 2 atom stereocenters. The molecule has 5 heteroatoms. The molecule has 0 aromatic heterocycles. The fourth-order valence-electron chi connectivity index (χ4n) is 4.95. The van der Waals surface area contributed by atoms with E-state index in [1.807, 2.05) is 30.3 Å². The zero-order valence-electron chi connectivity index (χ0n) is 16.5. The number of hydrogen-bond acceptors (Lipinski definition) is 4. The number of hydrogen-bond donors (Lipinski definition) is 2.